The van der Waals surface area contributed by atoms with Gasteiger partial charge in [-0.3, -0.25) is 4.57 Å². The van der Waals surface area contributed by atoms with Gasteiger partial charge in [-0.05, 0) is 23.9 Å². The summed E-state index contributed by atoms with van der Waals surface area (Å²) < 4.78 is 3.22. The van der Waals surface area contributed by atoms with Crippen molar-refractivity contribution >= 4 is 12.6 Å². The van der Waals surface area contributed by atoms with Crippen molar-refractivity contribution < 1.29 is 10.0 Å². The van der Waals surface area contributed by atoms with Crippen LogP contribution >= 0.6 is 0 Å². The molecular weight excluding hydrogens is 257 g/mol. The first-order valence-electron chi connectivity index (χ1n) is 6.76. The molecule has 0 atom stereocenters. The van der Waals surface area contributed by atoms with Crippen LogP contribution in [0.25, 0.3) is 0 Å². The van der Waals surface area contributed by atoms with Gasteiger partial charge in [0.2, 0.25) is 0 Å². The van der Waals surface area contributed by atoms with Crippen molar-refractivity contribution in [3.05, 3.63) is 46.1 Å². The molecule has 0 spiro atoms. The number of rotatable bonds is 3. The van der Waals surface area contributed by atoms with Crippen molar-refractivity contribution in [3.8, 4) is 0 Å². The molecule has 3 rings (SSSR count). The fourth-order valence-corrected chi connectivity index (χ4v) is 2.52. The number of hydrogen-bond donors (Lipinski definition) is 2. The highest BCUT2D eigenvalue weighted by atomic mass is 16.4. The van der Waals surface area contributed by atoms with Crippen LogP contribution in [-0.4, -0.2) is 31.5 Å². The maximum Gasteiger partial charge on any atom is 0.488 e. The van der Waals surface area contributed by atoms with Gasteiger partial charge in [-0.1, -0.05) is 24.3 Å². The third-order valence-corrected chi connectivity index (χ3v) is 3.64. The zero-order chi connectivity index (χ0) is 14.1. The molecule has 1 aromatic carbocycles. The van der Waals surface area contributed by atoms with E-state index in [1.807, 2.05) is 0 Å². The Balaban J connectivity index is 1.84. The molecular formula is C13H16BN3O3. The van der Waals surface area contributed by atoms with Gasteiger partial charge in [-0.25, -0.2) is 9.48 Å². The summed E-state index contributed by atoms with van der Waals surface area (Å²) in [6.45, 7) is 1.16. The molecule has 1 aliphatic rings. The summed E-state index contributed by atoms with van der Waals surface area (Å²) in [6, 6.07) is 6.83. The molecule has 1 aromatic heterocycles. The predicted octanol–water partition coefficient (Wildman–Crippen LogP) is -0.891. The van der Waals surface area contributed by atoms with Crippen molar-refractivity contribution in [2.75, 3.05) is 0 Å². The Bertz CT molecular complexity index is 660. The highest BCUT2D eigenvalue weighted by Crippen LogP contribution is 2.10. The van der Waals surface area contributed by atoms with Crippen LogP contribution < -0.4 is 11.2 Å². The maximum atomic E-state index is 12.2. The van der Waals surface area contributed by atoms with Crippen LogP contribution in [0.3, 0.4) is 0 Å². The van der Waals surface area contributed by atoms with Crippen molar-refractivity contribution in [2.45, 2.75) is 32.4 Å². The first kappa shape index (κ1) is 13.1. The van der Waals surface area contributed by atoms with E-state index in [1.165, 1.54) is 4.68 Å². The Morgan fingerprint density at radius 3 is 2.60 bits per heavy atom. The SMILES string of the molecule is O=c1n(Cc2ccc(B(O)O)cc2)nc2n1CCCC2. The lowest BCUT2D eigenvalue weighted by Crippen LogP contribution is -2.30. The Labute approximate surface area is 116 Å². The zero-order valence-corrected chi connectivity index (χ0v) is 11.1. The first-order chi connectivity index (χ1) is 9.65. The van der Waals surface area contributed by atoms with Crippen LogP contribution in [0.4, 0.5) is 0 Å². The van der Waals surface area contributed by atoms with Crippen LogP contribution in [0.15, 0.2) is 29.1 Å². The van der Waals surface area contributed by atoms with Crippen LogP contribution in [0.2, 0.25) is 0 Å². The standard InChI is InChI=1S/C13H16BN3O3/c18-13-16-8-2-1-3-12(16)15-17(13)9-10-4-6-11(7-5-10)14(19)20/h4-7,19-20H,1-3,8-9H2. The molecule has 0 aliphatic carbocycles. The minimum absolute atomic E-state index is 0.0639. The van der Waals surface area contributed by atoms with Crippen LogP contribution in [0.1, 0.15) is 24.2 Å². The number of aromatic nitrogens is 3. The van der Waals surface area contributed by atoms with E-state index in [4.69, 9.17) is 10.0 Å². The third-order valence-electron chi connectivity index (χ3n) is 3.64. The van der Waals surface area contributed by atoms with E-state index >= 15 is 0 Å². The quantitative estimate of drug-likeness (QED) is 0.711. The molecule has 2 heterocycles. The van der Waals surface area contributed by atoms with Gasteiger partial charge in [-0.15, -0.1) is 0 Å². The van der Waals surface area contributed by atoms with Crippen molar-refractivity contribution in [1.29, 1.82) is 0 Å². The van der Waals surface area contributed by atoms with Crippen molar-refractivity contribution in [2.24, 2.45) is 0 Å². The van der Waals surface area contributed by atoms with Crippen LogP contribution in [0, 0.1) is 0 Å². The number of benzene rings is 1. The number of fused-ring (bicyclic) bond motifs is 1. The topological polar surface area (TPSA) is 80.3 Å². The average Bonchev–Trinajstić information content (AvgIpc) is 2.77. The van der Waals surface area contributed by atoms with E-state index in [9.17, 15) is 4.79 Å². The summed E-state index contributed by atoms with van der Waals surface area (Å²) in [5.74, 6) is 0.864. The largest absolute Gasteiger partial charge is 0.488 e. The lowest BCUT2D eigenvalue weighted by atomic mass is 9.80. The predicted molar refractivity (Wildman–Crippen MR) is 74.8 cm³/mol. The minimum atomic E-state index is -1.47. The highest BCUT2D eigenvalue weighted by molar-refractivity contribution is 6.58. The third kappa shape index (κ3) is 2.42. The number of hydrogen-bond acceptors (Lipinski definition) is 4. The molecule has 0 fully saturated rings. The molecule has 0 saturated carbocycles. The van der Waals surface area contributed by atoms with Crippen molar-refractivity contribution in [3.63, 3.8) is 0 Å². The zero-order valence-electron chi connectivity index (χ0n) is 11.1. The molecule has 20 heavy (non-hydrogen) atoms. The van der Waals surface area contributed by atoms with Gasteiger partial charge in [0.1, 0.15) is 5.82 Å². The summed E-state index contributed by atoms with van der Waals surface area (Å²) in [4.78, 5) is 12.2. The molecule has 104 valence electrons. The normalized spacial score (nSPS) is 14.1. The van der Waals surface area contributed by atoms with Gasteiger partial charge in [0.05, 0.1) is 6.54 Å². The molecule has 0 unspecified atom stereocenters. The molecule has 0 amide bonds. The maximum absolute atomic E-state index is 12.2. The van der Waals surface area contributed by atoms with Crippen LogP contribution in [-0.2, 0) is 19.5 Å². The molecule has 2 N–H and O–H groups in total. The van der Waals surface area contributed by atoms with E-state index in [2.05, 4.69) is 5.10 Å². The smallest absolute Gasteiger partial charge is 0.423 e. The van der Waals surface area contributed by atoms with Gasteiger partial charge in [0.15, 0.2) is 0 Å². The van der Waals surface area contributed by atoms with Gasteiger partial charge in [-0.2, -0.15) is 5.10 Å². The van der Waals surface area contributed by atoms with Crippen LogP contribution in [0.5, 0.6) is 0 Å². The lowest BCUT2D eigenvalue weighted by Gasteiger charge is -2.09. The molecule has 1 aliphatic heterocycles. The Hall–Kier alpha value is -1.86. The van der Waals surface area contributed by atoms with Gasteiger partial charge >= 0.3 is 12.8 Å². The Kier molecular flexibility index (Phi) is 3.46. The second-order valence-electron chi connectivity index (χ2n) is 5.08. The summed E-state index contributed by atoms with van der Waals surface area (Å²) in [5, 5.41) is 22.5. The second-order valence-corrected chi connectivity index (χ2v) is 5.08. The van der Waals surface area contributed by atoms with E-state index < -0.39 is 7.12 Å². The molecule has 2 aromatic rings. The Morgan fingerprint density at radius 1 is 1.20 bits per heavy atom. The lowest BCUT2D eigenvalue weighted by molar-refractivity contribution is 0.426. The number of nitrogens with zero attached hydrogens (tertiary/aromatic N) is 3. The second kappa shape index (κ2) is 5.26. The summed E-state index contributed by atoms with van der Waals surface area (Å²) >= 11 is 0. The molecule has 6 nitrogen and oxygen atoms in total. The fraction of sp³-hybridized carbons (Fsp3) is 0.385. The summed E-state index contributed by atoms with van der Waals surface area (Å²) in [6.07, 6.45) is 2.97. The molecule has 0 radical (unpaired) electrons. The summed E-state index contributed by atoms with van der Waals surface area (Å²) in [5.41, 5.74) is 1.28. The average molecular weight is 273 g/mol. The molecule has 0 bridgehead atoms. The van der Waals surface area contributed by atoms with Crippen molar-refractivity contribution in [1.82, 2.24) is 14.3 Å². The van der Waals surface area contributed by atoms with E-state index in [-0.39, 0.29) is 5.69 Å². The Morgan fingerprint density at radius 2 is 1.95 bits per heavy atom. The molecule has 0 saturated heterocycles. The monoisotopic (exact) mass is 273 g/mol. The number of aryl methyl sites for hydroxylation is 1. The van der Waals surface area contributed by atoms with Gasteiger partial charge < -0.3 is 10.0 Å². The summed E-state index contributed by atoms with van der Waals surface area (Å²) in [7, 11) is -1.47. The first-order valence-corrected chi connectivity index (χ1v) is 6.76. The minimum Gasteiger partial charge on any atom is -0.423 e. The van der Waals surface area contributed by atoms with Gasteiger partial charge in [0, 0.05) is 13.0 Å². The van der Waals surface area contributed by atoms with Gasteiger partial charge in [0.25, 0.3) is 0 Å². The van der Waals surface area contributed by atoms with E-state index in [1.54, 1.807) is 28.8 Å². The highest BCUT2D eigenvalue weighted by Gasteiger charge is 2.17. The van der Waals surface area contributed by atoms with E-state index in [0.29, 0.717) is 12.0 Å². The fourth-order valence-electron chi connectivity index (χ4n) is 2.52. The molecule has 7 heteroatoms. The van der Waals surface area contributed by atoms with E-state index in [0.717, 1.165) is 37.2 Å².